The number of halogens is 2. The highest BCUT2D eigenvalue weighted by atomic mass is 35.5. The van der Waals surface area contributed by atoms with Crippen molar-refractivity contribution in [2.45, 2.75) is 54.5 Å². The zero-order chi connectivity index (χ0) is 21.8. The van der Waals surface area contributed by atoms with Crippen molar-refractivity contribution in [2.75, 3.05) is 18.0 Å². The normalized spacial score (nSPS) is 23.2. The lowest BCUT2D eigenvalue weighted by molar-refractivity contribution is 0.141. The van der Waals surface area contributed by atoms with Crippen LogP contribution in [0.25, 0.3) is 5.65 Å². The number of hydrogen-bond donors (Lipinski definition) is 2. The summed E-state index contributed by atoms with van der Waals surface area (Å²) in [7, 11) is 0. The predicted octanol–water partition coefficient (Wildman–Crippen LogP) is 4.56. The Morgan fingerprint density at radius 1 is 1.26 bits per heavy atom. The number of hydrogen-bond acceptors (Lipinski definition) is 6. The standard InChI is InChI=1S/C22H25Cl2N5OS/c1-13-19(31-16-4-2-3-15(23)18(16)24)20-26-7-10-29(20)21(27-13)28-8-5-22(6-9-28)12-14(30)11-17(22)25/h2-4,7,10,14,17,30H,5-6,8-9,11-12,25H2,1H3/t14-,17+/m0/s1. The van der Waals surface area contributed by atoms with Crippen molar-refractivity contribution >= 4 is 46.6 Å². The molecule has 5 rings (SSSR count). The first-order valence-electron chi connectivity index (χ1n) is 10.5. The molecule has 1 saturated heterocycles. The van der Waals surface area contributed by atoms with Gasteiger partial charge in [-0.2, -0.15) is 0 Å². The maximum absolute atomic E-state index is 10.1. The number of aliphatic hydroxyl groups is 1. The Kier molecular flexibility index (Phi) is 5.59. The van der Waals surface area contributed by atoms with Crippen molar-refractivity contribution in [3.05, 3.63) is 46.3 Å². The van der Waals surface area contributed by atoms with Gasteiger partial charge in [-0.3, -0.25) is 4.40 Å². The van der Waals surface area contributed by atoms with Gasteiger partial charge in [-0.1, -0.05) is 41.0 Å². The number of aryl methyl sites for hydroxylation is 1. The smallest absolute Gasteiger partial charge is 0.211 e. The first-order chi connectivity index (χ1) is 14.9. The van der Waals surface area contributed by atoms with Gasteiger partial charge in [0.25, 0.3) is 0 Å². The van der Waals surface area contributed by atoms with Crippen LogP contribution in [-0.4, -0.2) is 44.7 Å². The number of piperidine rings is 1. The number of anilines is 1. The van der Waals surface area contributed by atoms with Crippen LogP contribution in [0, 0.1) is 12.3 Å². The van der Waals surface area contributed by atoms with Crippen LogP contribution < -0.4 is 10.6 Å². The fourth-order valence-corrected chi connectivity index (χ4v) is 6.51. The van der Waals surface area contributed by atoms with E-state index in [0.29, 0.717) is 16.5 Å². The van der Waals surface area contributed by atoms with Crippen LogP contribution in [0.2, 0.25) is 10.0 Å². The van der Waals surface area contributed by atoms with Gasteiger partial charge in [0.1, 0.15) is 0 Å². The van der Waals surface area contributed by atoms with Gasteiger partial charge >= 0.3 is 0 Å². The van der Waals surface area contributed by atoms with Crippen LogP contribution >= 0.6 is 35.0 Å². The summed E-state index contributed by atoms with van der Waals surface area (Å²) < 4.78 is 2.05. The predicted molar refractivity (Wildman–Crippen MR) is 125 cm³/mol. The molecule has 3 N–H and O–H groups in total. The highest BCUT2D eigenvalue weighted by molar-refractivity contribution is 7.99. The Bertz CT molecular complexity index is 1130. The van der Waals surface area contributed by atoms with Crippen LogP contribution in [0.3, 0.4) is 0 Å². The summed E-state index contributed by atoms with van der Waals surface area (Å²) in [6.07, 6.45) is 6.95. The molecule has 6 nitrogen and oxygen atoms in total. The Hall–Kier alpha value is -1.51. The highest BCUT2D eigenvalue weighted by Crippen LogP contribution is 2.46. The summed E-state index contributed by atoms with van der Waals surface area (Å²) >= 11 is 14.2. The monoisotopic (exact) mass is 477 g/mol. The third-order valence-electron chi connectivity index (χ3n) is 6.78. The second kappa shape index (κ2) is 8.12. The molecule has 2 fully saturated rings. The fraction of sp³-hybridized carbons (Fsp3) is 0.455. The van der Waals surface area contributed by atoms with Gasteiger partial charge < -0.3 is 15.7 Å². The van der Waals surface area contributed by atoms with Gasteiger partial charge in [0.05, 0.1) is 26.7 Å². The first-order valence-corrected chi connectivity index (χ1v) is 12.1. The molecule has 9 heteroatoms. The molecule has 2 aromatic heterocycles. The van der Waals surface area contributed by atoms with Crippen molar-refractivity contribution in [1.82, 2.24) is 14.4 Å². The van der Waals surface area contributed by atoms with Crippen LogP contribution in [0.4, 0.5) is 5.95 Å². The molecular formula is C22H25Cl2N5OS. The molecule has 1 saturated carbocycles. The van der Waals surface area contributed by atoms with Crippen molar-refractivity contribution in [1.29, 1.82) is 0 Å². The Labute approximate surface area is 195 Å². The van der Waals surface area contributed by atoms with Crippen molar-refractivity contribution in [2.24, 2.45) is 11.1 Å². The highest BCUT2D eigenvalue weighted by Gasteiger charge is 2.46. The fourth-order valence-electron chi connectivity index (χ4n) is 5.04. The topological polar surface area (TPSA) is 79.7 Å². The Morgan fingerprint density at radius 3 is 2.74 bits per heavy atom. The van der Waals surface area contributed by atoms with Gasteiger partial charge in [-0.05, 0) is 50.2 Å². The lowest BCUT2D eigenvalue weighted by Gasteiger charge is -2.42. The molecule has 2 atom stereocenters. The molecule has 0 radical (unpaired) electrons. The van der Waals surface area contributed by atoms with E-state index in [9.17, 15) is 5.11 Å². The molecule has 2 aliphatic rings. The summed E-state index contributed by atoms with van der Waals surface area (Å²) in [5.41, 5.74) is 8.22. The minimum atomic E-state index is -0.267. The number of imidazole rings is 1. The number of rotatable bonds is 3. The number of aliphatic hydroxyl groups excluding tert-OH is 1. The molecule has 0 unspecified atom stereocenters. The largest absolute Gasteiger partial charge is 0.393 e. The molecule has 0 amide bonds. The summed E-state index contributed by atoms with van der Waals surface area (Å²) in [4.78, 5) is 13.7. The average molecular weight is 478 g/mol. The lowest BCUT2D eigenvalue weighted by atomic mass is 9.74. The van der Waals surface area contributed by atoms with E-state index in [1.165, 1.54) is 11.8 Å². The summed E-state index contributed by atoms with van der Waals surface area (Å²) in [6, 6.07) is 5.71. The van der Waals surface area contributed by atoms with E-state index in [1.807, 2.05) is 25.3 Å². The summed E-state index contributed by atoms with van der Waals surface area (Å²) in [5.74, 6) is 0.897. The quantitative estimate of drug-likeness (QED) is 0.575. The Morgan fingerprint density at radius 2 is 2.03 bits per heavy atom. The van der Waals surface area contributed by atoms with E-state index in [-0.39, 0.29) is 17.6 Å². The molecule has 31 heavy (non-hydrogen) atoms. The second-order valence-electron chi connectivity index (χ2n) is 8.65. The Balaban J connectivity index is 1.45. The SMILES string of the molecule is Cc1nc(N2CCC3(CC2)C[C@@H](O)C[C@H]3N)n2ccnc2c1Sc1cccc(Cl)c1Cl. The molecule has 1 aromatic carbocycles. The van der Waals surface area contributed by atoms with Crippen LogP contribution in [-0.2, 0) is 0 Å². The molecule has 0 bridgehead atoms. The number of benzene rings is 1. The number of fused-ring (bicyclic) bond motifs is 1. The second-order valence-corrected chi connectivity index (χ2v) is 10.5. The summed E-state index contributed by atoms with van der Waals surface area (Å²) in [6.45, 7) is 3.74. The lowest BCUT2D eigenvalue weighted by Crippen LogP contribution is -2.47. The van der Waals surface area contributed by atoms with Crippen LogP contribution in [0.5, 0.6) is 0 Å². The maximum Gasteiger partial charge on any atom is 0.211 e. The van der Waals surface area contributed by atoms with Crippen molar-refractivity contribution in [3.63, 3.8) is 0 Å². The van der Waals surface area contributed by atoms with Crippen molar-refractivity contribution < 1.29 is 5.11 Å². The van der Waals surface area contributed by atoms with Crippen molar-refractivity contribution in [3.8, 4) is 0 Å². The van der Waals surface area contributed by atoms with E-state index in [2.05, 4.69) is 14.3 Å². The van der Waals surface area contributed by atoms with Crippen LogP contribution in [0.1, 0.15) is 31.4 Å². The first kappa shape index (κ1) is 21.3. The molecule has 3 heterocycles. The third-order valence-corrected chi connectivity index (χ3v) is 8.95. The molecule has 1 spiro atoms. The van der Waals surface area contributed by atoms with E-state index < -0.39 is 0 Å². The third kappa shape index (κ3) is 3.70. The molecule has 1 aliphatic heterocycles. The van der Waals surface area contributed by atoms with E-state index in [1.54, 1.807) is 12.3 Å². The molecule has 164 valence electrons. The molecule has 3 aromatic rings. The van der Waals surface area contributed by atoms with E-state index >= 15 is 0 Å². The van der Waals surface area contributed by atoms with Gasteiger partial charge in [0.15, 0.2) is 5.65 Å². The average Bonchev–Trinajstić information content (AvgIpc) is 3.32. The molecular weight excluding hydrogens is 453 g/mol. The maximum atomic E-state index is 10.1. The number of nitrogens with zero attached hydrogens (tertiary/aromatic N) is 4. The van der Waals surface area contributed by atoms with E-state index in [4.69, 9.17) is 33.9 Å². The van der Waals surface area contributed by atoms with E-state index in [0.717, 1.165) is 59.4 Å². The zero-order valence-electron chi connectivity index (χ0n) is 17.3. The number of aromatic nitrogens is 3. The van der Waals surface area contributed by atoms with Gasteiger partial charge in [0, 0.05) is 36.4 Å². The minimum Gasteiger partial charge on any atom is -0.393 e. The zero-order valence-corrected chi connectivity index (χ0v) is 19.6. The van der Waals surface area contributed by atoms with Gasteiger partial charge in [-0.25, -0.2) is 9.97 Å². The molecule has 1 aliphatic carbocycles. The summed E-state index contributed by atoms with van der Waals surface area (Å²) in [5, 5.41) is 11.2. The van der Waals surface area contributed by atoms with Gasteiger partial charge in [0.2, 0.25) is 5.95 Å². The number of nitrogens with two attached hydrogens (primary N) is 1. The minimum absolute atomic E-state index is 0.0537. The van der Waals surface area contributed by atoms with Crippen LogP contribution in [0.15, 0.2) is 40.4 Å². The van der Waals surface area contributed by atoms with Gasteiger partial charge in [-0.15, -0.1) is 0 Å².